The molecule has 0 unspecified atom stereocenters. The van der Waals surface area contributed by atoms with Crippen LogP contribution >= 0.6 is 11.3 Å². The lowest BCUT2D eigenvalue weighted by Gasteiger charge is -2.42. The molecule has 7 nitrogen and oxygen atoms in total. The Bertz CT molecular complexity index is 1210. The first kappa shape index (κ1) is 23.2. The third-order valence-electron chi connectivity index (χ3n) is 5.81. The van der Waals surface area contributed by atoms with Crippen LogP contribution in [0.3, 0.4) is 0 Å². The van der Waals surface area contributed by atoms with E-state index in [0.29, 0.717) is 22.5 Å². The Hall–Kier alpha value is -2.97. The van der Waals surface area contributed by atoms with Gasteiger partial charge in [-0.1, -0.05) is 18.2 Å². The summed E-state index contributed by atoms with van der Waals surface area (Å²) in [6, 6.07) is 9.66. The van der Waals surface area contributed by atoms with E-state index in [9.17, 15) is 9.59 Å². The van der Waals surface area contributed by atoms with Crippen molar-refractivity contribution in [2.75, 3.05) is 11.9 Å². The number of carbonyl (C=O) groups excluding carboxylic acids is 2. The minimum atomic E-state index is -0.407. The lowest BCUT2D eigenvalue weighted by Crippen LogP contribution is -2.55. The molecule has 0 saturated heterocycles. The third kappa shape index (κ3) is 4.32. The van der Waals surface area contributed by atoms with Crippen molar-refractivity contribution in [2.24, 2.45) is 0 Å². The van der Waals surface area contributed by atoms with Crippen LogP contribution in [0.15, 0.2) is 36.5 Å². The molecular formula is C25H30N4O3S. The van der Waals surface area contributed by atoms with Crippen molar-refractivity contribution in [3.05, 3.63) is 63.8 Å². The molecule has 1 aliphatic rings. The number of fused-ring (bicyclic) bond motifs is 1. The fourth-order valence-electron chi connectivity index (χ4n) is 4.67. The molecule has 2 aromatic heterocycles. The number of amides is 1. The summed E-state index contributed by atoms with van der Waals surface area (Å²) in [6.45, 7) is 12.3. The minimum Gasteiger partial charge on any atom is -0.462 e. The van der Waals surface area contributed by atoms with Gasteiger partial charge in [0.05, 0.1) is 35.3 Å². The Morgan fingerprint density at radius 3 is 2.58 bits per heavy atom. The SMILES string of the molecule is CCOC(=O)c1c(NC(=O)c2cnn(-c3ccccc3)c2C)sc2c1CC(C)(C)NC2(C)C. The summed E-state index contributed by atoms with van der Waals surface area (Å²) in [5.41, 5.74) is 2.91. The van der Waals surface area contributed by atoms with Crippen LogP contribution in [-0.2, 0) is 16.7 Å². The molecule has 3 heterocycles. The Balaban J connectivity index is 1.73. The highest BCUT2D eigenvalue weighted by molar-refractivity contribution is 7.17. The quantitative estimate of drug-likeness (QED) is 0.526. The van der Waals surface area contributed by atoms with Crippen LogP contribution in [0, 0.1) is 6.92 Å². The maximum Gasteiger partial charge on any atom is 0.341 e. The molecule has 0 bridgehead atoms. The van der Waals surface area contributed by atoms with Gasteiger partial charge in [-0.3, -0.25) is 4.79 Å². The number of para-hydroxylation sites is 1. The monoisotopic (exact) mass is 466 g/mol. The Kier molecular flexibility index (Phi) is 5.92. The Labute approximate surface area is 198 Å². The highest BCUT2D eigenvalue weighted by atomic mass is 32.1. The van der Waals surface area contributed by atoms with Gasteiger partial charge >= 0.3 is 5.97 Å². The number of hydrogen-bond acceptors (Lipinski definition) is 6. The number of thiophene rings is 1. The summed E-state index contributed by atoms with van der Waals surface area (Å²) in [5, 5.41) is 11.6. The highest BCUT2D eigenvalue weighted by Crippen LogP contribution is 2.45. The Morgan fingerprint density at radius 1 is 1.21 bits per heavy atom. The first-order chi connectivity index (χ1) is 15.5. The summed E-state index contributed by atoms with van der Waals surface area (Å²) in [5.74, 6) is -0.709. The van der Waals surface area contributed by atoms with Gasteiger partial charge in [-0.25, -0.2) is 9.48 Å². The van der Waals surface area contributed by atoms with Gasteiger partial charge in [-0.15, -0.1) is 11.3 Å². The van der Waals surface area contributed by atoms with E-state index in [0.717, 1.165) is 21.8 Å². The highest BCUT2D eigenvalue weighted by Gasteiger charge is 2.42. The van der Waals surface area contributed by atoms with Crippen LogP contribution in [0.5, 0.6) is 0 Å². The van der Waals surface area contributed by atoms with Gasteiger partial charge in [-0.2, -0.15) is 5.10 Å². The van der Waals surface area contributed by atoms with Crippen LogP contribution in [0.1, 0.15) is 71.5 Å². The molecule has 1 aliphatic heterocycles. The van der Waals surface area contributed by atoms with Crippen molar-refractivity contribution < 1.29 is 14.3 Å². The van der Waals surface area contributed by atoms with E-state index < -0.39 is 5.97 Å². The Morgan fingerprint density at radius 2 is 1.91 bits per heavy atom. The molecule has 33 heavy (non-hydrogen) atoms. The minimum absolute atomic E-state index is 0.201. The molecule has 3 aromatic rings. The van der Waals surface area contributed by atoms with Gasteiger partial charge in [0.15, 0.2) is 0 Å². The van der Waals surface area contributed by atoms with Gasteiger partial charge < -0.3 is 15.4 Å². The van der Waals surface area contributed by atoms with Crippen LogP contribution in [0.25, 0.3) is 5.69 Å². The van der Waals surface area contributed by atoms with Crippen molar-refractivity contribution in [3.63, 3.8) is 0 Å². The van der Waals surface area contributed by atoms with Crippen molar-refractivity contribution in [1.82, 2.24) is 15.1 Å². The first-order valence-electron chi connectivity index (χ1n) is 11.1. The van der Waals surface area contributed by atoms with Gasteiger partial charge in [0.2, 0.25) is 0 Å². The second kappa shape index (κ2) is 8.43. The van der Waals surface area contributed by atoms with Crippen molar-refractivity contribution in [1.29, 1.82) is 0 Å². The fourth-order valence-corrected chi connectivity index (χ4v) is 5.93. The van der Waals surface area contributed by atoms with Gasteiger partial charge in [0, 0.05) is 16.0 Å². The number of nitrogens with zero attached hydrogens (tertiary/aromatic N) is 2. The predicted octanol–water partition coefficient (Wildman–Crippen LogP) is 4.83. The molecular weight excluding hydrogens is 436 g/mol. The number of ether oxygens (including phenoxy) is 1. The van der Waals surface area contributed by atoms with E-state index in [1.54, 1.807) is 17.8 Å². The maximum absolute atomic E-state index is 13.3. The molecule has 4 rings (SSSR count). The first-order valence-corrected chi connectivity index (χ1v) is 11.9. The molecule has 0 aliphatic carbocycles. The largest absolute Gasteiger partial charge is 0.462 e. The molecule has 1 aromatic carbocycles. The molecule has 2 N–H and O–H groups in total. The molecule has 0 radical (unpaired) electrons. The summed E-state index contributed by atoms with van der Waals surface area (Å²) in [7, 11) is 0. The van der Waals surface area contributed by atoms with E-state index in [4.69, 9.17) is 4.74 Å². The zero-order chi connectivity index (χ0) is 24.0. The maximum atomic E-state index is 13.3. The second-order valence-electron chi connectivity index (χ2n) is 9.49. The van der Waals surface area contributed by atoms with Crippen molar-refractivity contribution in [2.45, 2.75) is 59.0 Å². The second-order valence-corrected chi connectivity index (χ2v) is 10.5. The topological polar surface area (TPSA) is 85.2 Å². The summed E-state index contributed by atoms with van der Waals surface area (Å²) in [6.07, 6.45) is 2.22. The number of rotatable bonds is 5. The number of esters is 1. The summed E-state index contributed by atoms with van der Waals surface area (Å²) >= 11 is 1.43. The molecule has 1 amide bonds. The number of hydrogen-bond donors (Lipinski definition) is 2. The molecule has 8 heteroatoms. The van der Waals surface area contributed by atoms with E-state index in [1.165, 1.54) is 11.3 Å². The lowest BCUT2D eigenvalue weighted by molar-refractivity contribution is 0.0525. The molecule has 0 fully saturated rings. The third-order valence-corrected chi connectivity index (χ3v) is 7.28. The number of benzene rings is 1. The number of aromatic nitrogens is 2. The van der Waals surface area contributed by atoms with E-state index in [2.05, 4.69) is 43.4 Å². The van der Waals surface area contributed by atoms with E-state index in [1.807, 2.05) is 37.3 Å². The number of nitrogens with one attached hydrogen (secondary N) is 2. The van der Waals surface area contributed by atoms with Gasteiger partial charge in [0.1, 0.15) is 5.00 Å². The zero-order valence-corrected chi connectivity index (χ0v) is 20.7. The fraction of sp³-hybridized carbons (Fsp3) is 0.400. The van der Waals surface area contributed by atoms with Crippen molar-refractivity contribution in [3.8, 4) is 5.69 Å². The lowest BCUT2D eigenvalue weighted by atomic mass is 9.81. The molecule has 0 atom stereocenters. The average Bonchev–Trinajstić information content (AvgIpc) is 3.28. The summed E-state index contributed by atoms with van der Waals surface area (Å²) in [4.78, 5) is 27.3. The van der Waals surface area contributed by atoms with Crippen LogP contribution in [0.4, 0.5) is 5.00 Å². The van der Waals surface area contributed by atoms with Crippen molar-refractivity contribution >= 4 is 28.2 Å². The standard InChI is InChI=1S/C25H30N4O3S/c1-7-32-23(31)19-17-13-24(3,4)28-25(5,6)20(17)33-22(19)27-21(30)18-14-26-29(15(18)2)16-11-9-8-10-12-16/h8-12,14,28H,7,13H2,1-6H3,(H,27,30). The predicted molar refractivity (Wildman–Crippen MR) is 130 cm³/mol. The van der Waals surface area contributed by atoms with Crippen LogP contribution in [-0.4, -0.2) is 33.8 Å². The van der Waals surface area contributed by atoms with E-state index >= 15 is 0 Å². The van der Waals surface area contributed by atoms with E-state index in [-0.39, 0.29) is 23.6 Å². The molecule has 0 spiro atoms. The number of carbonyl (C=O) groups is 2. The van der Waals surface area contributed by atoms with Gasteiger partial charge in [-0.05, 0) is 65.7 Å². The average molecular weight is 467 g/mol. The molecule has 174 valence electrons. The summed E-state index contributed by atoms with van der Waals surface area (Å²) < 4.78 is 7.11. The number of anilines is 1. The van der Waals surface area contributed by atoms with Gasteiger partial charge in [0.25, 0.3) is 5.91 Å². The van der Waals surface area contributed by atoms with Crippen LogP contribution < -0.4 is 10.6 Å². The smallest absolute Gasteiger partial charge is 0.341 e. The molecule has 0 saturated carbocycles. The van der Waals surface area contributed by atoms with Crippen LogP contribution in [0.2, 0.25) is 0 Å². The normalized spacial score (nSPS) is 16.2. The zero-order valence-electron chi connectivity index (χ0n) is 19.9.